The van der Waals surface area contributed by atoms with E-state index in [0.717, 1.165) is 51.0 Å². The van der Waals surface area contributed by atoms with Gasteiger partial charge in [0.25, 0.3) is 0 Å². The lowest BCUT2D eigenvalue weighted by Crippen LogP contribution is -2.46. The van der Waals surface area contributed by atoms with Crippen LogP contribution >= 0.6 is 12.4 Å². The van der Waals surface area contributed by atoms with Gasteiger partial charge in [0, 0.05) is 25.9 Å². The Morgan fingerprint density at radius 2 is 1.00 bits per heavy atom. The fourth-order valence-electron chi connectivity index (χ4n) is 4.34. The van der Waals surface area contributed by atoms with Crippen molar-refractivity contribution in [3.63, 3.8) is 0 Å². The van der Waals surface area contributed by atoms with Crippen molar-refractivity contribution in [3.05, 3.63) is 0 Å². The standard InChI is InChI=1S/C28H61NO3Si.ClH/c1-7-11-12-13-14-15-16-17-18-20-28(22-23-29(5)6)21-19-27-33(30-24-8-2,31-25-9-3)32-26-10-4;/h28H,7-27H2,1-6H3;1H. The molecule has 0 aromatic carbocycles. The van der Waals surface area contributed by atoms with E-state index in [1.165, 1.54) is 90.0 Å². The van der Waals surface area contributed by atoms with Crippen molar-refractivity contribution in [1.82, 2.24) is 4.90 Å². The minimum Gasteiger partial charge on any atom is -0.373 e. The van der Waals surface area contributed by atoms with Crippen molar-refractivity contribution in [2.75, 3.05) is 40.5 Å². The average Bonchev–Trinajstić information content (AvgIpc) is 2.81. The lowest BCUT2D eigenvalue weighted by Gasteiger charge is -2.30. The number of hydrogen-bond donors (Lipinski definition) is 0. The largest absolute Gasteiger partial charge is 0.500 e. The Morgan fingerprint density at radius 1 is 0.559 bits per heavy atom. The Bertz CT molecular complexity index is 380. The number of unbranched alkanes of at least 4 members (excludes halogenated alkanes) is 8. The Balaban J connectivity index is 0. The van der Waals surface area contributed by atoms with Gasteiger partial charge in [0.15, 0.2) is 0 Å². The SMILES string of the molecule is CCCCCCCCCCCC(CCC[Si](OCCC)(OCCC)OCCC)CCN(C)C.Cl. The molecule has 0 spiro atoms. The van der Waals surface area contributed by atoms with Crippen molar-refractivity contribution in [2.24, 2.45) is 5.92 Å². The van der Waals surface area contributed by atoms with Gasteiger partial charge in [-0.25, -0.2) is 0 Å². The summed E-state index contributed by atoms with van der Waals surface area (Å²) in [5, 5.41) is 0. The number of rotatable bonds is 26. The Kier molecular flexibility index (Phi) is 28.4. The molecule has 0 bridgehead atoms. The minimum absolute atomic E-state index is 0. The molecule has 0 aliphatic carbocycles. The molecular weight excluding hydrogens is 462 g/mol. The zero-order valence-corrected chi connectivity index (χ0v) is 25.8. The topological polar surface area (TPSA) is 30.9 Å². The lowest BCUT2D eigenvalue weighted by atomic mass is 9.93. The van der Waals surface area contributed by atoms with E-state index in [1.807, 2.05) is 0 Å². The van der Waals surface area contributed by atoms with Gasteiger partial charge >= 0.3 is 8.80 Å². The summed E-state index contributed by atoms with van der Waals surface area (Å²) in [7, 11) is 1.85. The van der Waals surface area contributed by atoms with Crippen LogP contribution in [0.15, 0.2) is 0 Å². The molecule has 0 fully saturated rings. The first kappa shape index (κ1) is 36.5. The summed E-state index contributed by atoms with van der Waals surface area (Å²) in [5.41, 5.74) is 0. The van der Waals surface area contributed by atoms with E-state index in [2.05, 4.69) is 46.7 Å². The maximum absolute atomic E-state index is 6.31. The quantitative estimate of drug-likeness (QED) is 0.0836. The molecule has 34 heavy (non-hydrogen) atoms. The van der Waals surface area contributed by atoms with Gasteiger partial charge in [-0.05, 0) is 58.7 Å². The third kappa shape index (κ3) is 21.6. The highest BCUT2D eigenvalue weighted by Crippen LogP contribution is 2.26. The van der Waals surface area contributed by atoms with Gasteiger partial charge in [-0.1, -0.05) is 98.3 Å². The number of nitrogens with zero attached hydrogens (tertiary/aromatic N) is 1. The maximum Gasteiger partial charge on any atom is 0.500 e. The summed E-state index contributed by atoms with van der Waals surface area (Å²) >= 11 is 0. The first-order valence-corrected chi connectivity index (χ1v) is 16.5. The summed E-state index contributed by atoms with van der Waals surface area (Å²) in [5.74, 6) is 0.812. The van der Waals surface area contributed by atoms with E-state index in [1.54, 1.807) is 0 Å². The monoisotopic (exact) mass is 523 g/mol. The Morgan fingerprint density at radius 3 is 1.44 bits per heavy atom. The number of halogens is 1. The highest BCUT2D eigenvalue weighted by molar-refractivity contribution is 6.60. The zero-order chi connectivity index (χ0) is 24.6. The first-order valence-electron chi connectivity index (χ1n) is 14.6. The van der Waals surface area contributed by atoms with Crippen molar-refractivity contribution in [3.8, 4) is 0 Å². The molecule has 0 heterocycles. The lowest BCUT2D eigenvalue weighted by molar-refractivity contribution is 0.0582. The van der Waals surface area contributed by atoms with Crippen LogP contribution in [0.3, 0.4) is 0 Å². The van der Waals surface area contributed by atoms with E-state index in [-0.39, 0.29) is 12.4 Å². The molecule has 0 rings (SSSR count). The summed E-state index contributed by atoms with van der Waals surface area (Å²) in [6.45, 7) is 12.2. The van der Waals surface area contributed by atoms with Crippen LogP contribution < -0.4 is 0 Å². The van der Waals surface area contributed by atoms with Gasteiger partial charge < -0.3 is 18.2 Å². The normalized spacial score (nSPS) is 12.8. The van der Waals surface area contributed by atoms with Crippen LogP contribution in [0.5, 0.6) is 0 Å². The predicted molar refractivity (Wildman–Crippen MR) is 154 cm³/mol. The third-order valence-electron chi connectivity index (χ3n) is 6.37. The second kappa shape index (κ2) is 26.4. The van der Waals surface area contributed by atoms with E-state index in [4.69, 9.17) is 13.3 Å². The molecule has 4 nitrogen and oxygen atoms in total. The Labute approximate surface area is 222 Å². The zero-order valence-electron chi connectivity index (χ0n) is 24.0. The van der Waals surface area contributed by atoms with Gasteiger partial charge in [-0.2, -0.15) is 0 Å². The van der Waals surface area contributed by atoms with Crippen LogP contribution in [-0.4, -0.2) is 54.2 Å². The molecule has 0 aliphatic rings. The molecule has 1 unspecified atom stereocenters. The molecule has 208 valence electrons. The second-order valence-electron chi connectivity index (χ2n) is 10.2. The molecule has 0 N–H and O–H groups in total. The van der Waals surface area contributed by atoms with Gasteiger partial charge in [0.05, 0.1) is 0 Å². The van der Waals surface area contributed by atoms with E-state index in [0.29, 0.717) is 0 Å². The highest BCUT2D eigenvalue weighted by atomic mass is 35.5. The summed E-state index contributed by atoms with van der Waals surface area (Å²) in [4.78, 5) is 2.33. The van der Waals surface area contributed by atoms with Gasteiger partial charge in [0.2, 0.25) is 0 Å². The summed E-state index contributed by atoms with van der Waals surface area (Å²) in [6, 6.07) is 0.975. The van der Waals surface area contributed by atoms with Crippen LogP contribution in [0.2, 0.25) is 6.04 Å². The molecule has 0 radical (unpaired) electrons. The predicted octanol–water partition coefficient (Wildman–Crippen LogP) is 8.90. The molecule has 6 heteroatoms. The minimum atomic E-state index is -2.54. The molecule has 0 saturated heterocycles. The van der Waals surface area contributed by atoms with Crippen LogP contribution in [0.25, 0.3) is 0 Å². The second-order valence-corrected chi connectivity index (χ2v) is 12.9. The van der Waals surface area contributed by atoms with Gasteiger partial charge in [0.1, 0.15) is 0 Å². The molecule has 0 aromatic heterocycles. The molecule has 0 saturated carbocycles. The molecule has 0 amide bonds. The van der Waals surface area contributed by atoms with Crippen LogP contribution in [-0.2, 0) is 13.3 Å². The van der Waals surface area contributed by atoms with Crippen molar-refractivity contribution < 1.29 is 13.3 Å². The van der Waals surface area contributed by atoms with Crippen molar-refractivity contribution >= 4 is 21.2 Å². The molecule has 0 aliphatic heterocycles. The van der Waals surface area contributed by atoms with Crippen molar-refractivity contribution in [1.29, 1.82) is 0 Å². The van der Waals surface area contributed by atoms with E-state index in [9.17, 15) is 0 Å². The van der Waals surface area contributed by atoms with Crippen LogP contribution in [0, 0.1) is 5.92 Å². The summed E-state index contributed by atoms with van der Waals surface area (Å²) in [6.07, 6.45) is 20.9. The van der Waals surface area contributed by atoms with Crippen LogP contribution in [0.4, 0.5) is 0 Å². The number of hydrogen-bond acceptors (Lipinski definition) is 4. The van der Waals surface area contributed by atoms with E-state index < -0.39 is 8.80 Å². The summed E-state index contributed by atoms with van der Waals surface area (Å²) < 4.78 is 18.9. The fraction of sp³-hybridized carbons (Fsp3) is 1.00. The molecule has 0 aromatic rings. The average molecular weight is 524 g/mol. The smallest absolute Gasteiger partial charge is 0.373 e. The van der Waals surface area contributed by atoms with Gasteiger partial charge in [-0.3, -0.25) is 0 Å². The van der Waals surface area contributed by atoms with Crippen LogP contribution in [0.1, 0.15) is 130 Å². The Hall–Kier alpha value is 0.347. The molecular formula is C28H62ClNO3Si. The van der Waals surface area contributed by atoms with E-state index >= 15 is 0 Å². The maximum atomic E-state index is 6.31. The third-order valence-corrected chi connectivity index (χ3v) is 9.27. The molecule has 1 atom stereocenters. The van der Waals surface area contributed by atoms with Crippen molar-refractivity contribution in [2.45, 2.75) is 136 Å². The first-order chi connectivity index (χ1) is 16.0. The fourth-order valence-corrected chi connectivity index (χ4v) is 7.20. The highest BCUT2D eigenvalue weighted by Gasteiger charge is 2.40. The van der Waals surface area contributed by atoms with Gasteiger partial charge in [-0.15, -0.1) is 12.4 Å².